The Hall–Kier alpha value is -3.00. The summed E-state index contributed by atoms with van der Waals surface area (Å²) < 4.78 is 10.4. The van der Waals surface area contributed by atoms with Crippen molar-refractivity contribution >= 4 is 35.2 Å². The molecule has 0 radical (unpaired) electrons. The molecule has 30 heavy (non-hydrogen) atoms. The topological polar surface area (TPSA) is 84.9 Å². The number of nitrogens with zero attached hydrogens (tertiary/aromatic N) is 1. The number of anilines is 1. The van der Waals surface area contributed by atoms with Crippen LogP contribution < -0.4 is 15.0 Å². The standard InChI is InChI=1S/C22H24N2O5S/c1-16-11-12-24(18-9-5-6-10-19(18)30-16)21(26)15-29-22(27)13-23-20(25)14-28-17-7-3-2-4-8-17/h2-10,16H,11-15H2,1H3,(H,23,25). The highest BCUT2D eigenvalue weighted by molar-refractivity contribution is 8.00. The molecule has 0 aliphatic carbocycles. The minimum absolute atomic E-state index is 0.212. The summed E-state index contributed by atoms with van der Waals surface area (Å²) in [5.74, 6) is -0.855. The quantitative estimate of drug-likeness (QED) is 0.683. The van der Waals surface area contributed by atoms with Crippen LogP contribution in [0.5, 0.6) is 5.75 Å². The van der Waals surface area contributed by atoms with Crippen LogP contribution in [-0.4, -0.2) is 49.3 Å². The summed E-state index contributed by atoms with van der Waals surface area (Å²) in [5.41, 5.74) is 0.833. The second-order valence-electron chi connectivity index (χ2n) is 6.77. The lowest BCUT2D eigenvalue weighted by Crippen LogP contribution is -2.38. The molecule has 1 atom stereocenters. The van der Waals surface area contributed by atoms with Gasteiger partial charge in [-0.15, -0.1) is 11.8 Å². The Labute approximate surface area is 179 Å². The molecule has 0 saturated carbocycles. The maximum atomic E-state index is 12.7. The molecule has 2 aromatic carbocycles. The molecular weight excluding hydrogens is 404 g/mol. The number of amides is 2. The molecule has 1 unspecified atom stereocenters. The Bertz CT molecular complexity index is 890. The first-order valence-corrected chi connectivity index (χ1v) is 10.6. The number of carbonyl (C=O) groups is 3. The fourth-order valence-corrected chi connectivity index (χ4v) is 4.02. The van der Waals surface area contributed by atoms with Gasteiger partial charge in [0.2, 0.25) is 0 Å². The summed E-state index contributed by atoms with van der Waals surface area (Å²) in [7, 11) is 0. The Kier molecular flexibility index (Phi) is 7.73. The first-order chi connectivity index (χ1) is 14.5. The lowest BCUT2D eigenvalue weighted by atomic mass is 10.2. The summed E-state index contributed by atoms with van der Waals surface area (Å²) in [4.78, 5) is 39.1. The van der Waals surface area contributed by atoms with Gasteiger partial charge in [0, 0.05) is 16.7 Å². The number of fused-ring (bicyclic) bond motifs is 1. The Morgan fingerprint density at radius 1 is 1.07 bits per heavy atom. The van der Waals surface area contributed by atoms with Gasteiger partial charge in [-0.3, -0.25) is 14.4 Å². The van der Waals surface area contributed by atoms with E-state index in [-0.39, 0.29) is 25.7 Å². The average molecular weight is 429 g/mol. The highest BCUT2D eigenvalue weighted by Gasteiger charge is 2.24. The Morgan fingerprint density at radius 3 is 2.60 bits per heavy atom. The van der Waals surface area contributed by atoms with Gasteiger partial charge in [0.25, 0.3) is 11.8 Å². The fraction of sp³-hybridized carbons (Fsp3) is 0.318. The van der Waals surface area contributed by atoms with Crippen LogP contribution in [0.2, 0.25) is 0 Å². The van der Waals surface area contributed by atoms with Crippen LogP contribution in [0.15, 0.2) is 59.5 Å². The maximum Gasteiger partial charge on any atom is 0.325 e. The van der Waals surface area contributed by atoms with E-state index in [2.05, 4.69) is 12.2 Å². The first kappa shape index (κ1) is 21.7. The minimum atomic E-state index is -0.678. The second-order valence-corrected chi connectivity index (χ2v) is 8.25. The molecule has 158 valence electrons. The maximum absolute atomic E-state index is 12.7. The van der Waals surface area contributed by atoms with Crippen molar-refractivity contribution in [2.45, 2.75) is 23.5 Å². The molecule has 0 saturated heterocycles. The van der Waals surface area contributed by atoms with E-state index < -0.39 is 11.9 Å². The summed E-state index contributed by atoms with van der Waals surface area (Å²) in [6.45, 7) is 1.78. The average Bonchev–Trinajstić information content (AvgIpc) is 2.93. The SMILES string of the molecule is CC1CCN(C(=O)COC(=O)CNC(=O)COc2ccccc2)c2ccccc2S1. The van der Waals surface area contributed by atoms with Crippen molar-refractivity contribution in [3.63, 3.8) is 0 Å². The van der Waals surface area contributed by atoms with Crippen LogP contribution in [0.4, 0.5) is 5.69 Å². The van der Waals surface area contributed by atoms with Gasteiger partial charge in [0.1, 0.15) is 12.3 Å². The van der Waals surface area contributed by atoms with E-state index in [1.54, 1.807) is 40.9 Å². The van der Waals surface area contributed by atoms with Gasteiger partial charge in [-0.25, -0.2) is 0 Å². The minimum Gasteiger partial charge on any atom is -0.484 e. The number of hydrogen-bond donors (Lipinski definition) is 1. The summed E-state index contributed by atoms with van der Waals surface area (Å²) in [6.07, 6.45) is 0.844. The molecule has 7 nitrogen and oxygen atoms in total. The van der Waals surface area contributed by atoms with Crippen molar-refractivity contribution in [1.29, 1.82) is 0 Å². The smallest absolute Gasteiger partial charge is 0.325 e. The van der Waals surface area contributed by atoms with Crippen molar-refractivity contribution < 1.29 is 23.9 Å². The van der Waals surface area contributed by atoms with Crippen LogP contribution in [0.1, 0.15) is 13.3 Å². The molecule has 1 heterocycles. The largest absolute Gasteiger partial charge is 0.484 e. The van der Waals surface area contributed by atoms with Gasteiger partial charge in [-0.2, -0.15) is 0 Å². The number of thioether (sulfide) groups is 1. The van der Waals surface area contributed by atoms with E-state index in [1.165, 1.54) is 0 Å². The summed E-state index contributed by atoms with van der Waals surface area (Å²) in [5, 5.41) is 2.81. The van der Waals surface area contributed by atoms with Crippen LogP contribution in [0.3, 0.4) is 0 Å². The molecule has 0 bridgehead atoms. The van der Waals surface area contributed by atoms with Crippen LogP contribution >= 0.6 is 11.8 Å². The van der Waals surface area contributed by atoms with Crippen LogP contribution in [-0.2, 0) is 19.1 Å². The monoisotopic (exact) mass is 428 g/mol. The van der Waals surface area contributed by atoms with Crippen molar-refractivity contribution in [3.05, 3.63) is 54.6 Å². The van der Waals surface area contributed by atoms with Crippen molar-refractivity contribution in [1.82, 2.24) is 5.32 Å². The first-order valence-electron chi connectivity index (χ1n) is 9.69. The van der Waals surface area contributed by atoms with Crippen molar-refractivity contribution in [3.8, 4) is 5.75 Å². The lowest BCUT2D eigenvalue weighted by Gasteiger charge is -2.22. The summed E-state index contributed by atoms with van der Waals surface area (Å²) >= 11 is 1.73. The van der Waals surface area contributed by atoms with Gasteiger partial charge in [0.15, 0.2) is 13.2 Å². The van der Waals surface area contributed by atoms with Gasteiger partial charge in [-0.1, -0.05) is 37.3 Å². The Morgan fingerprint density at radius 2 is 1.80 bits per heavy atom. The molecule has 8 heteroatoms. The highest BCUT2D eigenvalue weighted by atomic mass is 32.2. The van der Waals surface area contributed by atoms with E-state index in [1.807, 2.05) is 30.3 Å². The number of nitrogens with one attached hydrogen (secondary N) is 1. The molecule has 1 aliphatic rings. The van der Waals surface area contributed by atoms with Crippen molar-refractivity contribution in [2.75, 3.05) is 31.2 Å². The fourth-order valence-electron chi connectivity index (χ4n) is 2.90. The number of rotatable bonds is 7. The van der Waals surface area contributed by atoms with Crippen LogP contribution in [0, 0.1) is 0 Å². The van der Waals surface area contributed by atoms with Gasteiger partial charge in [0.05, 0.1) is 5.69 Å². The molecule has 1 aliphatic heterocycles. The van der Waals surface area contributed by atoms with Gasteiger partial charge in [-0.05, 0) is 30.7 Å². The number of esters is 1. The zero-order valence-corrected chi connectivity index (χ0v) is 17.5. The number of benzene rings is 2. The normalized spacial score (nSPS) is 15.5. The van der Waals surface area contributed by atoms with E-state index in [4.69, 9.17) is 9.47 Å². The predicted molar refractivity (Wildman–Crippen MR) is 115 cm³/mol. The van der Waals surface area contributed by atoms with Gasteiger partial charge < -0.3 is 19.7 Å². The molecule has 2 amide bonds. The molecule has 0 fully saturated rings. The number of carbonyl (C=O) groups excluding carboxylic acids is 3. The highest BCUT2D eigenvalue weighted by Crippen LogP contribution is 2.37. The third kappa shape index (κ3) is 6.25. The molecular formula is C22H24N2O5S. The Balaban J connectivity index is 1.43. The van der Waals surface area contributed by atoms with Gasteiger partial charge >= 0.3 is 5.97 Å². The molecule has 0 spiro atoms. The predicted octanol–water partition coefficient (Wildman–Crippen LogP) is 2.64. The third-order valence-electron chi connectivity index (χ3n) is 4.44. The summed E-state index contributed by atoms with van der Waals surface area (Å²) in [6, 6.07) is 16.6. The number of para-hydroxylation sites is 2. The third-order valence-corrected chi connectivity index (χ3v) is 5.68. The second kappa shape index (κ2) is 10.7. The number of ether oxygens (including phenoxy) is 2. The van der Waals surface area contributed by atoms with E-state index in [0.717, 1.165) is 17.0 Å². The van der Waals surface area contributed by atoms with E-state index >= 15 is 0 Å². The zero-order valence-electron chi connectivity index (χ0n) is 16.7. The lowest BCUT2D eigenvalue weighted by molar-refractivity contribution is -0.147. The van der Waals surface area contributed by atoms with E-state index in [9.17, 15) is 14.4 Å². The molecule has 3 rings (SSSR count). The molecule has 2 aromatic rings. The van der Waals surface area contributed by atoms with Crippen molar-refractivity contribution in [2.24, 2.45) is 0 Å². The zero-order chi connectivity index (χ0) is 21.3. The number of hydrogen-bond acceptors (Lipinski definition) is 6. The van der Waals surface area contributed by atoms with Crippen LogP contribution in [0.25, 0.3) is 0 Å². The van der Waals surface area contributed by atoms with E-state index in [0.29, 0.717) is 17.5 Å². The molecule has 1 N–H and O–H groups in total. The molecule has 0 aromatic heterocycles.